The molecule has 1 aliphatic rings. The molecule has 2 aromatic carbocycles. The van der Waals surface area contributed by atoms with Gasteiger partial charge >= 0.3 is 6.18 Å². The van der Waals surface area contributed by atoms with Crippen LogP contribution in [0.4, 0.5) is 24.5 Å². The molecule has 1 fully saturated rings. The molecule has 1 N–H and O–H groups in total. The molecule has 0 aliphatic carbocycles. The number of hydrogen-bond acceptors (Lipinski definition) is 3. The summed E-state index contributed by atoms with van der Waals surface area (Å²) in [5.74, 6) is -0.513. The quantitative estimate of drug-likeness (QED) is 0.778. The number of nitrogens with zero attached hydrogens (tertiary/aromatic N) is 1. The van der Waals surface area contributed by atoms with Crippen LogP contribution in [-0.4, -0.2) is 16.0 Å². The largest absolute Gasteiger partial charge is 0.416 e. The number of halogens is 4. The number of carbonyl (C=O) groups is 1. The van der Waals surface area contributed by atoms with Gasteiger partial charge in [0.1, 0.15) is 10.8 Å². The second-order valence-electron chi connectivity index (χ2n) is 5.42. The van der Waals surface area contributed by atoms with E-state index in [0.29, 0.717) is 10.7 Å². The molecular formula is C17H12ClF3N2O2S. The summed E-state index contributed by atoms with van der Waals surface area (Å²) in [5.41, 5.74) is -0.139. The SMILES string of the molecule is O=C1C(=CNc2cccc(C(F)(F)F)c2)S(=O)CN1c1ccc(Cl)cc1. The van der Waals surface area contributed by atoms with Gasteiger partial charge in [0.2, 0.25) is 0 Å². The number of alkyl halides is 3. The van der Waals surface area contributed by atoms with Crippen LogP contribution in [0.5, 0.6) is 0 Å². The van der Waals surface area contributed by atoms with E-state index in [4.69, 9.17) is 11.6 Å². The molecule has 0 saturated carbocycles. The van der Waals surface area contributed by atoms with Gasteiger partial charge in [-0.1, -0.05) is 17.7 Å². The number of carbonyl (C=O) groups excluding carboxylic acids is 1. The predicted octanol–water partition coefficient (Wildman–Crippen LogP) is 4.37. The van der Waals surface area contributed by atoms with Crippen LogP contribution >= 0.6 is 11.6 Å². The Kier molecular flexibility index (Phi) is 5.06. The molecular weight excluding hydrogens is 389 g/mol. The van der Waals surface area contributed by atoms with Crippen LogP contribution in [0.25, 0.3) is 0 Å². The van der Waals surface area contributed by atoms with Gasteiger partial charge in [-0.25, -0.2) is 0 Å². The Bertz CT molecular complexity index is 898. The molecule has 1 heterocycles. The second-order valence-corrected chi connectivity index (χ2v) is 7.24. The summed E-state index contributed by atoms with van der Waals surface area (Å²) < 4.78 is 50.4. The fraction of sp³-hybridized carbons (Fsp3) is 0.118. The van der Waals surface area contributed by atoms with Gasteiger partial charge in [0.15, 0.2) is 0 Å². The summed E-state index contributed by atoms with van der Waals surface area (Å²) in [5, 5.41) is 3.12. The topological polar surface area (TPSA) is 49.4 Å². The van der Waals surface area contributed by atoms with Crippen molar-refractivity contribution in [3.63, 3.8) is 0 Å². The van der Waals surface area contributed by atoms with Crippen molar-refractivity contribution in [2.45, 2.75) is 6.18 Å². The van der Waals surface area contributed by atoms with Crippen molar-refractivity contribution < 1.29 is 22.2 Å². The van der Waals surface area contributed by atoms with Crippen LogP contribution in [0.15, 0.2) is 59.6 Å². The zero-order valence-corrected chi connectivity index (χ0v) is 14.7. The standard InChI is InChI=1S/C17H12ClF3N2O2S/c18-12-4-6-14(7-5-12)23-10-26(25)15(16(23)24)9-22-13-3-1-2-11(8-13)17(19,20)21/h1-9,22H,10H2. The Morgan fingerprint density at radius 2 is 1.85 bits per heavy atom. The number of hydrogen-bond donors (Lipinski definition) is 1. The first kappa shape index (κ1) is 18.5. The fourth-order valence-electron chi connectivity index (χ4n) is 2.35. The lowest BCUT2D eigenvalue weighted by Gasteiger charge is -2.13. The molecule has 1 atom stereocenters. The minimum Gasteiger partial charge on any atom is -0.360 e. The van der Waals surface area contributed by atoms with E-state index in [-0.39, 0.29) is 16.5 Å². The van der Waals surface area contributed by atoms with Crippen molar-refractivity contribution in [2.75, 3.05) is 16.1 Å². The number of amides is 1. The molecule has 1 unspecified atom stereocenters. The zero-order chi connectivity index (χ0) is 18.9. The van der Waals surface area contributed by atoms with Gasteiger partial charge in [0.05, 0.1) is 16.4 Å². The smallest absolute Gasteiger partial charge is 0.360 e. The third-order valence-electron chi connectivity index (χ3n) is 3.65. The van der Waals surface area contributed by atoms with Gasteiger partial charge in [0, 0.05) is 22.6 Å². The highest BCUT2D eigenvalue weighted by molar-refractivity contribution is 7.90. The lowest BCUT2D eigenvalue weighted by molar-refractivity contribution is -0.137. The van der Waals surface area contributed by atoms with Crippen LogP contribution in [0, 0.1) is 0 Å². The molecule has 3 rings (SSSR count). The molecule has 1 saturated heterocycles. The number of benzene rings is 2. The maximum atomic E-state index is 12.7. The van der Waals surface area contributed by atoms with Crippen LogP contribution in [-0.2, 0) is 21.8 Å². The Labute approximate surface area is 154 Å². The number of nitrogens with one attached hydrogen (secondary N) is 1. The Balaban J connectivity index is 1.80. The van der Waals surface area contributed by atoms with Crippen molar-refractivity contribution >= 4 is 39.7 Å². The highest BCUT2D eigenvalue weighted by Crippen LogP contribution is 2.31. The normalized spacial score (nSPS) is 19.2. The van der Waals surface area contributed by atoms with Crippen LogP contribution in [0.3, 0.4) is 0 Å². The summed E-state index contributed by atoms with van der Waals surface area (Å²) in [6.45, 7) is 0. The van der Waals surface area contributed by atoms with E-state index in [2.05, 4.69) is 5.32 Å². The minimum atomic E-state index is -4.47. The predicted molar refractivity (Wildman–Crippen MR) is 95.1 cm³/mol. The lowest BCUT2D eigenvalue weighted by atomic mass is 10.2. The Hall–Kier alpha value is -2.32. The second kappa shape index (κ2) is 7.13. The molecule has 2 aromatic rings. The van der Waals surface area contributed by atoms with Crippen molar-refractivity contribution in [3.8, 4) is 0 Å². The van der Waals surface area contributed by atoms with Crippen LogP contribution in [0.2, 0.25) is 5.02 Å². The molecule has 1 amide bonds. The first-order chi connectivity index (χ1) is 12.3. The average Bonchev–Trinajstić information content (AvgIpc) is 2.87. The summed E-state index contributed by atoms with van der Waals surface area (Å²) >= 11 is 5.81. The maximum absolute atomic E-state index is 12.7. The Morgan fingerprint density at radius 3 is 2.50 bits per heavy atom. The molecule has 9 heteroatoms. The zero-order valence-electron chi connectivity index (χ0n) is 13.1. The van der Waals surface area contributed by atoms with Crippen molar-refractivity contribution in [3.05, 3.63) is 70.2 Å². The first-order valence-corrected chi connectivity index (χ1v) is 9.05. The summed E-state index contributed by atoms with van der Waals surface area (Å²) in [6, 6.07) is 11.0. The van der Waals surface area contributed by atoms with Crippen LogP contribution < -0.4 is 10.2 Å². The van der Waals surface area contributed by atoms with E-state index in [1.54, 1.807) is 24.3 Å². The van der Waals surface area contributed by atoms with E-state index in [1.165, 1.54) is 23.2 Å². The third-order valence-corrected chi connectivity index (χ3v) is 5.17. The van der Waals surface area contributed by atoms with Gasteiger partial charge < -0.3 is 5.32 Å². The monoisotopic (exact) mass is 400 g/mol. The molecule has 26 heavy (non-hydrogen) atoms. The van der Waals surface area contributed by atoms with Gasteiger partial charge in [-0.15, -0.1) is 0 Å². The molecule has 0 aromatic heterocycles. The summed E-state index contributed by atoms with van der Waals surface area (Å²) in [4.78, 5) is 13.8. The summed E-state index contributed by atoms with van der Waals surface area (Å²) in [6.07, 6.45) is -3.29. The van der Waals surface area contributed by atoms with Gasteiger partial charge in [0.25, 0.3) is 5.91 Å². The average molecular weight is 401 g/mol. The minimum absolute atomic E-state index is 0.0163. The van der Waals surface area contributed by atoms with Crippen LogP contribution in [0.1, 0.15) is 5.56 Å². The maximum Gasteiger partial charge on any atom is 0.416 e. The third kappa shape index (κ3) is 3.91. The molecule has 1 aliphatic heterocycles. The number of rotatable bonds is 3. The van der Waals surface area contributed by atoms with E-state index in [9.17, 15) is 22.2 Å². The van der Waals surface area contributed by atoms with E-state index < -0.39 is 28.4 Å². The van der Waals surface area contributed by atoms with Crippen molar-refractivity contribution in [1.29, 1.82) is 0 Å². The van der Waals surface area contributed by atoms with E-state index in [1.807, 2.05) is 0 Å². The lowest BCUT2D eigenvalue weighted by Crippen LogP contribution is -2.24. The summed E-state index contributed by atoms with van der Waals surface area (Å²) in [7, 11) is -1.60. The van der Waals surface area contributed by atoms with Gasteiger partial charge in [-0.3, -0.25) is 13.9 Å². The van der Waals surface area contributed by atoms with E-state index in [0.717, 1.165) is 12.1 Å². The van der Waals surface area contributed by atoms with E-state index >= 15 is 0 Å². The highest BCUT2D eigenvalue weighted by atomic mass is 35.5. The Morgan fingerprint density at radius 1 is 1.15 bits per heavy atom. The molecule has 136 valence electrons. The number of anilines is 2. The van der Waals surface area contributed by atoms with Gasteiger partial charge in [-0.2, -0.15) is 13.2 Å². The highest BCUT2D eigenvalue weighted by Gasteiger charge is 2.34. The molecule has 4 nitrogen and oxygen atoms in total. The fourth-order valence-corrected chi connectivity index (χ4v) is 3.61. The molecule has 0 spiro atoms. The van der Waals surface area contributed by atoms with Crippen molar-refractivity contribution in [2.24, 2.45) is 0 Å². The first-order valence-electron chi connectivity index (χ1n) is 7.35. The van der Waals surface area contributed by atoms with Gasteiger partial charge in [-0.05, 0) is 42.5 Å². The van der Waals surface area contributed by atoms with Crippen molar-refractivity contribution in [1.82, 2.24) is 0 Å². The molecule has 0 bridgehead atoms. The molecule has 0 radical (unpaired) electrons.